The van der Waals surface area contributed by atoms with Crippen LogP contribution >= 0.6 is 11.6 Å². The molecule has 1 saturated carbocycles. The van der Waals surface area contributed by atoms with E-state index in [2.05, 4.69) is 10.3 Å². The van der Waals surface area contributed by atoms with Gasteiger partial charge in [0.15, 0.2) is 0 Å². The number of amides is 1. The number of hydrogen-bond donors (Lipinski definition) is 1. The molecule has 1 aromatic heterocycles. The largest absolute Gasteiger partial charge is 0.310 e. The summed E-state index contributed by atoms with van der Waals surface area (Å²) in [6.07, 6.45) is 2.22. The number of pyridine rings is 1. The highest BCUT2D eigenvalue weighted by molar-refractivity contribution is 6.30. The number of rotatable bonds is 3. The predicted molar refractivity (Wildman–Crippen MR) is 75.1 cm³/mol. The SMILES string of the molecule is O=C(Nc1ccc(Cl)cn1)[C@@H]1C[C@@H]1c1cccc(F)c1. The van der Waals surface area contributed by atoms with Gasteiger partial charge in [-0.15, -0.1) is 0 Å². The van der Waals surface area contributed by atoms with Gasteiger partial charge in [-0.05, 0) is 42.2 Å². The summed E-state index contributed by atoms with van der Waals surface area (Å²) in [7, 11) is 0. The summed E-state index contributed by atoms with van der Waals surface area (Å²) in [5.41, 5.74) is 0.870. The third kappa shape index (κ3) is 2.80. The number of benzene rings is 1. The summed E-state index contributed by atoms with van der Waals surface area (Å²) in [5, 5.41) is 3.26. The molecule has 1 amide bonds. The quantitative estimate of drug-likeness (QED) is 0.938. The van der Waals surface area contributed by atoms with Crippen molar-refractivity contribution in [1.82, 2.24) is 4.98 Å². The Labute approximate surface area is 120 Å². The van der Waals surface area contributed by atoms with Gasteiger partial charge in [-0.25, -0.2) is 9.37 Å². The first-order valence-corrected chi connectivity index (χ1v) is 6.69. The number of carbonyl (C=O) groups is 1. The van der Waals surface area contributed by atoms with Gasteiger partial charge in [0.2, 0.25) is 5.91 Å². The summed E-state index contributed by atoms with van der Waals surface area (Å²) < 4.78 is 13.1. The smallest absolute Gasteiger partial charge is 0.229 e. The van der Waals surface area contributed by atoms with Crippen LogP contribution in [0.25, 0.3) is 0 Å². The molecule has 1 aromatic carbocycles. The fraction of sp³-hybridized carbons (Fsp3) is 0.200. The van der Waals surface area contributed by atoms with Crippen LogP contribution in [0.4, 0.5) is 10.2 Å². The fourth-order valence-corrected chi connectivity index (χ4v) is 2.37. The number of aromatic nitrogens is 1. The Morgan fingerprint density at radius 1 is 1.35 bits per heavy atom. The lowest BCUT2D eigenvalue weighted by atomic mass is 10.1. The van der Waals surface area contributed by atoms with Crippen LogP contribution in [0.15, 0.2) is 42.6 Å². The maximum absolute atomic E-state index is 13.1. The first-order chi connectivity index (χ1) is 9.63. The van der Waals surface area contributed by atoms with Crippen molar-refractivity contribution < 1.29 is 9.18 Å². The predicted octanol–water partition coefficient (Wildman–Crippen LogP) is 3.62. The van der Waals surface area contributed by atoms with Crippen LogP contribution in [0.2, 0.25) is 5.02 Å². The van der Waals surface area contributed by atoms with Gasteiger partial charge in [0.25, 0.3) is 0 Å². The van der Waals surface area contributed by atoms with E-state index < -0.39 is 0 Å². The molecule has 0 unspecified atom stereocenters. The molecule has 0 radical (unpaired) electrons. The highest BCUT2D eigenvalue weighted by Crippen LogP contribution is 2.48. The molecular formula is C15H12ClFN2O. The molecule has 0 saturated heterocycles. The molecule has 3 rings (SSSR count). The topological polar surface area (TPSA) is 42.0 Å². The van der Waals surface area contributed by atoms with Crippen LogP contribution in [0, 0.1) is 11.7 Å². The lowest BCUT2D eigenvalue weighted by Gasteiger charge is -2.04. The van der Waals surface area contributed by atoms with Crippen molar-refractivity contribution in [2.45, 2.75) is 12.3 Å². The third-order valence-electron chi connectivity index (χ3n) is 3.38. The second-order valence-electron chi connectivity index (χ2n) is 4.85. The van der Waals surface area contributed by atoms with E-state index in [9.17, 15) is 9.18 Å². The van der Waals surface area contributed by atoms with Gasteiger partial charge in [0, 0.05) is 12.1 Å². The monoisotopic (exact) mass is 290 g/mol. The second-order valence-corrected chi connectivity index (χ2v) is 5.29. The zero-order valence-corrected chi connectivity index (χ0v) is 11.3. The normalized spacial score (nSPS) is 20.5. The van der Waals surface area contributed by atoms with Gasteiger partial charge in [-0.2, -0.15) is 0 Å². The first-order valence-electron chi connectivity index (χ1n) is 6.31. The molecule has 20 heavy (non-hydrogen) atoms. The molecule has 1 fully saturated rings. The maximum Gasteiger partial charge on any atom is 0.229 e. The molecule has 0 aliphatic heterocycles. The summed E-state index contributed by atoms with van der Waals surface area (Å²) in [5.74, 6) is 0.0959. The van der Waals surface area contributed by atoms with Gasteiger partial charge in [-0.3, -0.25) is 4.79 Å². The van der Waals surface area contributed by atoms with Crippen molar-refractivity contribution in [3.05, 3.63) is 59.0 Å². The highest BCUT2D eigenvalue weighted by Gasteiger charge is 2.44. The Hall–Kier alpha value is -1.94. The van der Waals surface area contributed by atoms with E-state index in [-0.39, 0.29) is 23.6 Å². The summed E-state index contributed by atoms with van der Waals surface area (Å²) in [6, 6.07) is 9.72. The van der Waals surface area contributed by atoms with Crippen LogP contribution < -0.4 is 5.32 Å². The van der Waals surface area contributed by atoms with Gasteiger partial charge >= 0.3 is 0 Å². The number of hydrogen-bond acceptors (Lipinski definition) is 2. The van der Waals surface area contributed by atoms with Gasteiger partial charge < -0.3 is 5.32 Å². The molecule has 3 nitrogen and oxygen atoms in total. The zero-order valence-electron chi connectivity index (χ0n) is 10.5. The van der Waals surface area contributed by atoms with Crippen LogP contribution in [0.1, 0.15) is 17.9 Å². The van der Waals surface area contributed by atoms with Crippen molar-refractivity contribution in [3.8, 4) is 0 Å². The van der Waals surface area contributed by atoms with E-state index in [0.717, 1.165) is 12.0 Å². The Bertz CT molecular complexity index is 645. The first kappa shape index (κ1) is 13.1. The Morgan fingerprint density at radius 3 is 2.90 bits per heavy atom. The number of carbonyl (C=O) groups excluding carboxylic acids is 1. The van der Waals surface area contributed by atoms with Crippen molar-refractivity contribution in [2.24, 2.45) is 5.92 Å². The average molecular weight is 291 g/mol. The summed E-state index contributed by atoms with van der Waals surface area (Å²) >= 11 is 5.73. The van der Waals surface area contributed by atoms with Crippen LogP contribution in [0.5, 0.6) is 0 Å². The third-order valence-corrected chi connectivity index (χ3v) is 3.61. The van der Waals surface area contributed by atoms with E-state index in [0.29, 0.717) is 10.8 Å². The number of halogens is 2. The fourth-order valence-electron chi connectivity index (χ4n) is 2.26. The van der Waals surface area contributed by atoms with Crippen LogP contribution in [-0.4, -0.2) is 10.9 Å². The lowest BCUT2D eigenvalue weighted by molar-refractivity contribution is -0.117. The van der Waals surface area contributed by atoms with Crippen LogP contribution in [0.3, 0.4) is 0 Å². The average Bonchev–Trinajstić information content (AvgIpc) is 3.22. The number of nitrogens with zero attached hydrogens (tertiary/aromatic N) is 1. The highest BCUT2D eigenvalue weighted by atomic mass is 35.5. The molecule has 0 spiro atoms. The number of anilines is 1. The van der Waals surface area contributed by atoms with Gasteiger partial charge in [-0.1, -0.05) is 23.7 Å². The minimum atomic E-state index is -0.270. The Kier molecular flexibility index (Phi) is 3.40. The molecular weight excluding hydrogens is 279 g/mol. The molecule has 1 N–H and O–H groups in total. The van der Waals surface area contributed by atoms with Crippen molar-refractivity contribution in [3.63, 3.8) is 0 Å². The molecule has 5 heteroatoms. The minimum Gasteiger partial charge on any atom is -0.310 e. The van der Waals surface area contributed by atoms with Crippen LogP contribution in [-0.2, 0) is 4.79 Å². The lowest BCUT2D eigenvalue weighted by Crippen LogP contribution is -2.15. The second kappa shape index (κ2) is 5.21. The van der Waals surface area contributed by atoms with E-state index >= 15 is 0 Å². The number of nitrogens with one attached hydrogen (secondary N) is 1. The van der Waals surface area contributed by atoms with Gasteiger partial charge in [0.05, 0.1) is 5.02 Å². The van der Waals surface area contributed by atoms with Crippen molar-refractivity contribution in [1.29, 1.82) is 0 Å². The Balaban J connectivity index is 1.64. The molecule has 1 heterocycles. The molecule has 1 aliphatic carbocycles. The van der Waals surface area contributed by atoms with Crippen molar-refractivity contribution >= 4 is 23.3 Å². The van der Waals surface area contributed by atoms with E-state index in [1.807, 2.05) is 6.07 Å². The summed E-state index contributed by atoms with van der Waals surface area (Å²) in [6.45, 7) is 0. The molecule has 2 aromatic rings. The van der Waals surface area contributed by atoms with E-state index in [1.165, 1.54) is 18.3 Å². The maximum atomic E-state index is 13.1. The molecule has 2 atom stereocenters. The Morgan fingerprint density at radius 2 is 2.20 bits per heavy atom. The standard InChI is InChI=1S/C15H12ClFN2O/c16-10-4-5-14(18-8-10)19-15(20)13-7-12(13)9-2-1-3-11(17)6-9/h1-6,8,12-13H,7H2,(H,18,19,20)/t12-,13-/m1/s1. The minimum absolute atomic E-state index is 0.0888. The van der Waals surface area contributed by atoms with E-state index in [4.69, 9.17) is 11.6 Å². The molecule has 0 bridgehead atoms. The molecule has 1 aliphatic rings. The van der Waals surface area contributed by atoms with E-state index in [1.54, 1.807) is 18.2 Å². The van der Waals surface area contributed by atoms with Gasteiger partial charge in [0.1, 0.15) is 11.6 Å². The molecule has 102 valence electrons. The van der Waals surface area contributed by atoms with Crippen molar-refractivity contribution in [2.75, 3.05) is 5.32 Å². The zero-order chi connectivity index (χ0) is 14.1. The summed E-state index contributed by atoms with van der Waals surface area (Å²) in [4.78, 5) is 16.1.